The Labute approximate surface area is 202 Å². The molecule has 35 heavy (non-hydrogen) atoms. The van der Waals surface area contributed by atoms with Gasteiger partial charge in [-0.1, -0.05) is 18.2 Å². The summed E-state index contributed by atoms with van der Waals surface area (Å²) in [4.78, 5) is 21.6. The third-order valence-electron chi connectivity index (χ3n) is 6.37. The van der Waals surface area contributed by atoms with Gasteiger partial charge in [0.25, 0.3) is 0 Å². The monoisotopic (exact) mass is 477 g/mol. The van der Waals surface area contributed by atoms with Crippen molar-refractivity contribution in [3.8, 4) is 17.2 Å². The number of carboxylic acid groups (broad SMARTS) is 2. The van der Waals surface area contributed by atoms with Crippen molar-refractivity contribution in [2.45, 2.75) is 19.0 Å². The molecule has 0 bridgehead atoms. The predicted molar refractivity (Wildman–Crippen MR) is 133 cm³/mol. The summed E-state index contributed by atoms with van der Waals surface area (Å²) >= 11 is 0. The van der Waals surface area contributed by atoms with Gasteiger partial charge in [-0.3, -0.25) is 4.90 Å². The van der Waals surface area contributed by atoms with Crippen molar-refractivity contribution in [1.29, 1.82) is 0 Å². The number of ether oxygens (including phenoxy) is 3. The summed E-state index contributed by atoms with van der Waals surface area (Å²) in [5.74, 6) is -0.110. The number of carboxylic acids is 2. The zero-order chi connectivity index (χ0) is 25.1. The average molecular weight is 478 g/mol. The van der Waals surface area contributed by atoms with E-state index in [4.69, 9.17) is 24.4 Å². The number of nitrogens with zero attached hydrogens (tertiary/aromatic N) is 1. The molecule has 0 fully saturated rings. The molecule has 0 amide bonds. The van der Waals surface area contributed by atoms with E-state index in [1.165, 1.54) is 32.7 Å². The second kappa shape index (κ2) is 10.1. The van der Waals surface area contributed by atoms with Crippen molar-refractivity contribution in [2.24, 2.45) is 0 Å². The van der Waals surface area contributed by atoms with Crippen molar-refractivity contribution in [1.82, 2.24) is 4.90 Å². The maximum atomic E-state index is 9.55. The van der Waals surface area contributed by atoms with Crippen molar-refractivity contribution in [2.75, 3.05) is 27.9 Å². The molecule has 0 aliphatic carbocycles. The average Bonchev–Trinajstić information content (AvgIpc) is 3.33. The highest BCUT2D eigenvalue weighted by atomic mass is 16.5. The largest absolute Gasteiger partial charge is 0.497 e. The zero-order valence-electron chi connectivity index (χ0n) is 19.8. The molecule has 1 atom stereocenters. The quantitative estimate of drug-likeness (QED) is 0.322. The fourth-order valence-electron chi connectivity index (χ4n) is 4.77. The molecule has 0 spiro atoms. The van der Waals surface area contributed by atoms with Gasteiger partial charge in [-0.15, -0.1) is 0 Å². The molecule has 3 aromatic rings. The van der Waals surface area contributed by atoms with Crippen molar-refractivity contribution < 1.29 is 34.0 Å². The Morgan fingerprint density at radius 3 is 2.09 bits per heavy atom. The molecule has 3 aromatic carbocycles. The topological polar surface area (TPSA) is 106 Å². The number of benzene rings is 3. The molecule has 0 saturated carbocycles. The molecule has 0 saturated heterocycles. The Bertz CT molecular complexity index is 1340. The lowest BCUT2D eigenvalue weighted by molar-refractivity contribution is -0.134. The van der Waals surface area contributed by atoms with Crippen molar-refractivity contribution >= 4 is 33.5 Å². The van der Waals surface area contributed by atoms with E-state index in [1.54, 1.807) is 21.3 Å². The van der Waals surface area contributed by atoms with Gasteiger partial charge in [0, 0.05) is 31.3 Å². The zero-order valence-corrected chi connectivity index (χ0v) is 19.8. The molecule has 5 rings (SSSR count). The van der Waals surface area contributed by atoms with E-state index >= 15 is 0 Å². The van der Waals surface area contributed by atoms with Crippen LogP contribution in [-0.4, -0.2) is 61.0 Å². The Kier molecular flexibility index (Phi) is 6.93. The predicted octanol–water partition coefficient (Wildman–Crippen LogP) is 4.03. The minimum absolute atomic E-state index is 0.490. The van der Waals surface area contributed by atoms with Gasteiger partial charge in [0.2, 0.25) is 0 Å². The lowest BCUT2D eigenvalue weighted by Gasteiger charge is -2.33. The van der Waals surface area contributed by atoms with E-state index in [2.05, 4.69) is 47.4 Å². The minimum Gasteiger partial charge on any atom is -0.497 e. The molecule has 2 aliphatic rings. The number of hydrogen-bond acceptors (Lipinski definition) is 6. The van der Waals surface area contributed by atoms with E-state index in [1.807, 2.05) is 0 Å². The minimum atomic E-state index is -1.26. The highest BCUT2D eigenvalue weighted by Crippen LogP contribution is 2.43. The fraction of sp³-hybridized carbons (Fsp3) is 0.259. The smallest absolute Gasteiger partial charge is 0.328 e. The summed E-state index contributed by atoms with van der Waals surface area (Å²) < 4.78 is 16.7. The Morgan fingerprint density at radius 2 is 1.49 bits per heavy atom. The third-order valence-corrected chi connectivity index (χ3v) is 6.37. The van der Waals surface area contributed by atoms with E-state index in [0.717, 1.165) is 36.8 Å². The molecule has 8 nitrogen and oxygen atoms in total. The normalized spacial score (nSPS) is 16.5. The second-order valence-corrected chi connectivity index (χ2v) is 8.26. The summed E-state index contributed by atoms with van der Waals surface area (Å²) in [5, 5.41) is 20.6. The first-order valence-corrected chi connectivity index (χ1v) is 11.1. The first kappa shape index (κ1) is 24.1. The highest BCUT2D eigenvalue weighted by molar-refractivity contribution is 6.12. The van der Waals surface area contributed by atoms with E-state index in [9.17, 15) is 9.59 Å². The number of hydrogen-bond donors (Lipinski definition) is 2. The Morgan fingerprint density at radius 1 is 0.857 bits per heavy atom. The van der Waals surface area contributed by atoms with Crippen LogP contribution in [0.2, 0.25) is 0 Å². The van der Waals surface area contributed by atoms with Crippen LogP contribution in [0.25, 0.3) is 21.5 Å². The SMILES string of the molecule is COc1ccc2c3c(c4cc(OC)c(OC)cc4c2c1)CC1C=CCN1C3.O=C(O)/C=C/C(=O)O. The Hall–Kier alpha value is -4.04. The van der Waals surface area contributed by atoms with Gasteiger partial charge in [-0.25, -0.2) is 9.59 Å². The Balaban J connectivity index is 0.000000314. The fourth-order valence-corrected chi connectivity index (χ4v) is 4.77. The first-order chi connectivity index (χ1) is 16.9. The standard InChI is InChI=1S/C23H23NO3.C4H4O4/c1-25-15-6-7-16-18(10-15)20-12-23(27-3)22(26-2)11-19(20)17-9-14-5-4-8-24(14)13-21(16)17;5-3(6)1-2-4(7)8/h4-7,10-12,14H,8-9,13H2,1-3H3;1-2H,(H,5,6)(H,7,8)/b;2-1+. The van der Waals surface area contributed by atoms with Crippen LogP contribution >= 0.6 is 0 Å². The molecule has 0 radical (unpaired) electrons. The van der Waals surface area contributed by atoms with Gasteiger partial charge in [0.15, 0.2) is 11.5 Å². The summed E-state index contributed by atoms with van der Waals surface area (Å²) in [6, 6.07) is 11.1. The number of methoxy groups -OCH3 is 3. The number of fused-ring (bicyclic) bond motifs is 7. The molecule has 8 heteroatoms. The highest BCUT2D eigenvalue weighted by Gasteiger charge is 2.30. The second-order valence-electron chi connectivity index (χ2n) is 8.26. The van der Waals surface area contributed by atoms with Crippen LogP contribution in [0.5, 0.6) is 17.2 Å². The van der Waals surface area contributed by atoms with Gasteiger partial charge in [0.05, 0.1) is 21.3 Å². The van der Waals surface area contributed by atoms with Gasteiger partial charge >= 0.3 is 11.9 Å². The summed E-state index contributed by atoms with van der Waals surface area (Å²) in [6.07, 6.45) is 6.77. The van der Waals surface area contributed by atoms with Crippen LogP contribution in [0.3, 0.4) is 0 Å². The molecule has 2 heterocycles. The maximum absolute atomic E-state index is 9.55. The van der Waals surface area contributed by atoms with E-state index in [0.29, 0.717) is 18.2 Å². The van der Waals surface area contributed by atoms with Gasteiger partial charge in [-0.2, -0.15) is 0 Å². The molecule has 0 aromatic heterocycles. The van der Waals surface area contributed by atoms with Crippen LogP contribution < -0.4 is 14.2 Å². The van der Waals surface area contributed by atoms with Gasteiger partial charge < -0.3 is 24.4 Å². The maximum Gasteiger partial charge on any atom is 0.328 e. The van der Waals surface area contributed by atoms with Gasteiger partial charge in [-0.05, 0) is 63.4 Å². The third kappa shape index (κ3) is 4.79. The number of aliphatic carboxylic acids is 2. The van der Waals surface area contributed by atoms with E-state index < -0.39 is 11.9 Å². The lowest BCUT2D eigenvalue weighted by Crippen LogP contribution is -2.35. The summed E-state index contributed by atoms with van der Waals surface area (Å²) in [7, 11) is 5.10. The summed E-state index contributed by atoms with van der Waals surface area (Å²) in [5.41, 5.74) is 2.85. The molecule has 2 aliphatic heterocycles. The van der Waals surface area contributed by atoms with Crippen LogP contribution in [0.15, 0.2) is 54.6 Å². The number of rotatable bonds is 5. The molecule has 1 unspecified atom stereocenters. The van der Waals surface area contributed by atoms with Crippen LogP contribution in [-0.2, 0) is 22.6 Å². The van der Waals surface area contributed by atoms with Crippen molar-refractivity contribution in [3.05, 3.63) is 65.8 Å². The molecule has 182 valence electrons. The first-order valence-electron chi connectivity index (χ1n) is 11.1. The van der Waals surface area contributed by atoms with E-state index in [-0.39, 0.29) is 0 Å². The van der Waals surface area contributed by atoms with Crippen LogP contribution in [0.1, 0.15) is 11.1 Å². The van der Waals surface area contributed by atoms with Gasteiger partial charge in [0.1, 0.15) is 5.75 Å². The molecular weight excluding hydrogens is 450 g/mol. The van der Waals surface area contributed by atoms with Crippen LogP contribution in [0.4, 0.5) is 0 Å². The number of carbonyl (C=O) groups is 2. The van der Waals surface area contributed by atoms with Crippen LogP contribution in [0, 0.1) is 0 Å². The summed E-state index contributed by atoms with van der Waals surface area (Å²) in [6.45, 7) is 2.01. The van der Waals surface area contributed by atoms with Crippen molar-refractivity contribution in [3.63, 3.8) is 0 Å². The molecular formula is C27H27NO7. The lowest BCUT2D eigenvalue weighted by atomic mass is 9.85. The molecule has 2 N–H and O–H groups in total.